The lowest BCUT2D eigenvalue weighted by Gasteiger charge is -2.19. The van der Waals surface area contributed by atoms with Crippen molar-refractivity contribution in [3.8, 4) is 5.75 Å². The van der Waals surface area contributed by atoms with Gasteiger partial charge >= 0.3 is 5.97 Å². The minimum absolute atomic E-state index is 0.000450. The normalized spacial score (nSPS) is 23.8. The molecule has 122 valence electrons. The average Bonchev–Trinajstić information content (AvgIpc) is 2.80. The number of hydrogen-bond acceptors (Lipinski definition) is 4. The monoisotopic (exact) mass is 335 g/mol. The number of benzene rings is 1. The fourth-order valence-corrected chi connectivity index (χ4v) is 3.47. The third-order valence-electron chi connectivity index (χ3n) is 4.52. The van der Waals surface area contributed by atoms with E-state index < -0.39 is 5.97 Å². The molecule has 0 unspecified atom stereocenters. The lowest BCUT2D eigenvalue weighted by Crippen LogP contribution is -2.33. The molecule has 1 aliphatic heterocycles. The molecule has 2 atom stereocenters. The van der Waals surface area contributed by atoms with Crippen LogP contribution < -0.4 is 4.74 Å². The molecule has 2 fully saturated rings. The van der Waals surface area contributed by atoms with Gasteiger partial charge < -0.3 is 4.74 Å². The van der Waals surface area contributed by atoms with Crippen LogP contribution >= 0.6 is 11.6 Å². The molecule has 1 heterocycles. The average molecular weight is 336 g/mol. The van der Waals surface area contributed by atoms with E-state index >= 15 is 0 Å². The summed E-state index contributed by atoms with van der Waals surface area (Å²) < 4.78 is 5.17. The number of rotatable bonds is 4. The van der Waals surface area contributed by atoms with E-state index in [9.17, 15) is 14.4 Å². The highest BCUT2D eigenvalue weighted by Crippen LogP contribution is 2.37. The number of ether oxygens (including phenoxy) is 1. The van der Waals surface area contributed by atoms with Crippen molar-refractivity contribution in [2.45, 2.75) is 32.1 Å². The van der Waals surface area contributed by atoms with Gasteiger partial charge in [-0.05, 0) is 37.1 Å². The van der Waals surface area contributed by atoms with Crippen LogP contribution in [0.15, 0.2) is 24.3 Å². The van der Waals surface area contributed by atoms with Crippen LogP contribution in [-0.2, 0) is 14.4 Å². The van der Waals surface area contributed by atoms with Gasteiger partial charge in [-0.3, -0.25) is 19.3 Å². The smallest absolute Gasteiger partial charge is 0.312 e. The van der Waals surface area contributed by atoms with Crippen LogP contribution in [0.25, 0.3) is 0 Å². The highest BCUT2D eigenvalue weighted by Gasteiger charge is 2.47. The van der Waals surface area contributed by atoms with E-state index in [1.54, 1.807) is 24.3 Å². The van der Waals surface area contributed by atoms with Gasteiger partial charge in [-0.15, -0.1) is 0 Å². The molecular weight excluding hydrogens is 318 g/mol. The van der Waals surface area contributed by atoms with Gasteiger partial charge in [-0.25, -0.2) is 0 Å². The Morgan fingerprint density at radius 3 is 2.22 bits per heavy atom. The molecule has 2 aliphatic rings. The standard InChI is InChI=1S/C17H18ClNO4/c18-11-5-7-12(8-6-11)23-15(20)9-10-19-16(21)13-3-1-2-4-14(13)17(19)22/h5-8,13-14H,1-4,9-10H2/t13-,14-/m1/s1. The first-order valence-electron chi connectivity index (χ1n) is 7.88. The van der Waals surface area contributed by atoms with Crippen molar-refractivity contribution in [1.82, 2.24) is 4.90 Å². The summed E-state index contributed by atoms with van der Waals surface area (Å²) >= 11 is 5.77. The van der Waals surface area contributed by atoms with Gasteiger partial charge in [-0.1, -0.05) is 24.4 Å². The fraction of sp³-hybridized carbons (Fsp3) is 0.471. The van der Waals surface area contributed by atoms with Gasteiger partial charge in [0.1, 0.15) is 5.75 Å². The van der Waals surface area contributed by atoms with Crippen molar-refractivity contribution in [3.63, 3.8) is 0 Å². The van der Waals surface area contributed by atoms with E-state index in [1.165, 1.54) is 4.90 Å². The summed E-state index contributed by atoms with van der Waals surface area (Å²) in [5.74, 6) is -0.681. The zero-order valence-corrected chi connectivity index (χ0v) is 13.4. The van der Waals surface area contributed by atoms with Crippen molar-refractivity contribution in [2.24, 2.45) is 11.8 Å². The van der Waals surface area contributed by atoms with Gasteiger partial charge in [-0.2, -0.15) is 0 Å². The number of halogens is 1. The van der Waals surface area contributed by atoms with Crippen LogP contribution in [-0.4, -0.2) is 29.2 Å². The highest BCUT2D eigenvalue weighted by molar-refractivity contribution is 6.30. The van der Waals surface area contributed by atoms with Crippen LogP contribution in [0.4, 0.5) is 0 Å². The molecule has 1 saturated carbocycles. The number of imide groups is 1. The van der Waals surface area contributed by atoms with Gasteiger partial charge in [0.25, 0.3) is 0 Å². The third-order valence-corrected chi connectivity index (χ3v) is 4.77. The predicted octanol–water partition coefficient (Wildman–Crippen LogP) is 2.81. The second-order valence-electron chi connectivity index (χ2n) is 6.00. The quantitative estimate of drug-likeness (QED) is 0.482. The molecule has 0 aromatic heterocycles. The first kappa shape index (κ1) is 16.0. The first-order valence-corrected chi connectivity index (χ1v) is 8.25. The van der Waals surface area contributed by atoms with E-state index in [4.69, 9.17) is 16.3 Å². The number of carbonyl (C=O) groups excluding carboxylic acids is 3. The largest absolute Gasteiger partial charge is 0.426 e. The Hall–Kier alpha value is -1.88. The predicted molar refractivity (Wildman–Crippen MR) is 83.9 cm³/mol. The number of fused-ring (bicyclic) bond motifs is 1. The van der Waals surface area contributed by atoms with Crippen LogP contribution in [0.2, 0.25) is 5.02 Å². The minimum Gasteiger partial charge on any atom is -0.426 e. The lowest BCUT2D eigenvalue weighted by atomic mass is 9.81. The molecule has 23 heavy (non-hydrogen) atoms. The summed E-state index contributed by atoms with van der Waals surface area (Å²) in [5.41, 5.74) is 0. The Bertz CT molecular complexity index is 604. The maximum Gasteiger partial charge on any atom is 0.312 e. The Labute approximate surface area is 139 Å². The van der Waals surface area contributed by atoms with Crippen molar-refractivity contribution in [1.29, 1.82) is 0 Å². The Balaban J connectivity index is 1.55. The van der Waals surface area contributed by atoms with Gasteiger partial charge in [0.15, 0.2) is 0 Å². The number of hydrogen-bond donors (Lipinski definition) is 0. The number of nitrogens with zero attached hydrogens (tertiary/aromatic N) is 1. The molecular formula is C17H18ClNO4. The summed E-state index contributed by atoms with van der Waals surface area (Å²) in [4.78, 5) is 37.7. The summed E-state index contributed by atoms with van der Waals surface area (Å²) in [6.07, 6.45) is 3.54. The molecule has 1 aromatic carbocycles. The zero-order valence-electron chi connectivity index (χ0n) is 12.7. The molecule has 0 bridgehead atoms. The van der Waals surface area contributed by atoms with Crippen molar-refractivity contribution >= 4 is 29.4 Å². The van der Waals surface area contributed by atoms with Crippen LogP contribution in [0, 0.1) is 11.8 Å². The van der Waals surface area contributed by atoms with Crippen molar-refractivity contribution < 1.29 is 19.1 Å². The molecule has 5 nitrogen and oxygen atoms in total. The van der Waals surface area contributed by atoms with Gasteiger partial charge in [0.05, 0.1) is 18.3 Å². The van der Waals surface area contributed by atoms with Crippen LogP contribution in [0.5, 0.6) is 5.75 Å². The van der Waals surface area contributed by atoms with Crippen molar-refractivity contribution in [2.75, 3.05) is 6.54 Å². The lowest BCUT2D eigenvalue weighted by molar-refractivity contribution is -0.141. The number of amides is 2. The Morgan fingerprint density at radius 2 is 1.65 bits per heavy atom. The zero-order chi connectivity index (χ0) is 16.4. The highest BCUT2D eigenvalue weighted by atomic mass is 35.5. The maximum absolute atomic E-state index is 12.3. The van der Waals surface area contributed by atoms with Gasteiger partial charge in [0, 0.05) is 11.6 Å². The molecule has 2 amide bonds. The molecule has 6 heteroatoms. The summed E-state index contributed by atoms with van der Waals surface area (Å²) in [7, 11) is 0. The van der Waals surface area contributed by atoms with E-state index in [2.05, 4.69) is 0 Å². The molecule has 1 aliphatic carbocycles. The molecule has 0 N–H and O–H groups in total. The number of carbonyl (C=O) groups is 3. The van der Waals surface area contributed by atoms with Crippen LogP contribution in [0.1, 0.15) is 32.1 Å². The fourth-order valence-electron chi connectivity index (χ4n) is 3.34. The molecule has 0 spiro atoms. The van der Waals surface area contributed by atoms with Gasteiger partial charge in [0.2, 0.25) is 11.8 Å². The number of esters is 1. The summed E-state index contributed by atoms with van der Waals surface area (Å²) in [5, 5.41) is 0.556. The second-order valence-corrected chi connectivity index (χ2v) is 6.44. The Kier molecular flexibility index (Phi) is 4.66. The van der Waals surface area contributed by atoms with E-state index in [-0.39, 0.29) is 36.6 Å². The minimum atomic E-state index is -0.470. The van der Waals surface area contributed by atoms with E-state index in [1.807, 2.05) is 0 Å². The second kappa shape index (κ2) is 6.71. The molecule has 1 aromatic rings. The number of likely N-dealkylation sites (tertiary alicyclic amines) is 1. The maximum atomic E-state index is 12.3. The molecule has 0 radical (unpaired) electrons. The summed E-state index contributed by atoms with van der Waals surface area (Å²) in [6.45, 7) is 0.0943. The van der Waals surface area contributed by atoms with Crippen LogP contribution in [0.3, 0.4) is 0 Å². The Morgan fingerprint density at radius 1 is 1.09 bits per heavy atom. The summed E-state index contributed by atoms with van der Waals surface area (Å²) in [6, 6.07) is 6.45. The topological polar surface area (TPSA) is 63.7 Å². The molecule has 3 rings (SSSR count). The van der Waals surface area contributed by atoms with E-state index in [0.717, 1.165) is 25.7 Å². The first-order chi connectivity index (χ1) is 11.1. The van der Waals surface area contributed by atoms with Crippen molar-refractivity contribution in [3.05, 3.63) is 29.3 Å². The third kappa shape index (κ3) is 3.39. The molecule has 1 saturated heterocycles. The van der Waals surface area contributed by atoms with E-state index in [0.29, 0.717) is 10.8 Å². The SMILES string of the molecule is O=C(CCN1C(=O)[C@@H]2CCCC[C@H]2C1=O)Oc1ccc(Cl)cc1.